The molecule has 0 radical (unpaired) electrons. The number of nitrogens with two attached hydrogens (primary N) is 2. The first kappa shape index (κ1) is 54.0. The molecule has 3 saturated heterocycles. The molecule has 3 heterocycles. The lowest BCUT2D eigenvalue weighted by molar-refractivity contribution is -0.145. The number of rotatable bonds is 14. The fourth-order valence-corrected chi connectivity index (χ4v) is 9.37. The molecule has 20 nitrogen and oxygen atoms in total. The van der Waals surface area contributed by atoms with Gasteiger partial charge in [0.25, 0.3) is 5.91 Å². The van der Waals surface area contributed by atoms with Crippen molar-refractivity contribution in [3.8, 4) is 11.5 Å². The third kappa shape index (κ3) is 14.4. The number of fused-ring (bicyclic) bond motifs is 3. The second kappa shape index (κ2) is 25.2. The number of aromatic hydroxyl groups is 1. The Morgan fingerprint density at radius 3 is 1.97 bits per heavy atom. The highest BCUT2D eigenvalue weighted by atomic mass is 16.5. The van der Waals surface area contributed by atoms with E-state index in [1.807, 2.05) is 18.2 Å². The molecule has 0 saturated carbocycles. The van der Waals surface area contributed by atoms with Crippen LogP contribution in [0.25, 0.3) is 10.8 Å². The fraction of sp³-hybridized carbons (Fsp3) is 0.549. The number of phenols is 1. The smallest absolute Gasteiger partial charge is 0.251 e. The van der Waals surface area contributed by atoms with Gasteiger partial charge >= 0.3 is 0 Å². The molecule has 71 heavy (non-hydrogen) atoms. The zero-order chi connectivity index (χ0) is 51.4. The third-order valence-electron chi connectivity index (χ3n) is 13.4. The molecule has 3 aliphatic heterocycles. The van der Waals surface area contributed by atoms with Crippen LogP contribution in [0.3, 0.4) is 0 Å². The van der Waals surface area contributed by atoms with Crippen LogP contribution in [0.2, 0.25) is 0 Å². The second-order valence-electron chi connectivity index (χ2n) is 19.2. The minimum Gasteiger partial charge on any atom is -0.508 e. The van der Waals surface area contributed by atoms with Gasteiger partial charge < -0.3 is 67.9 Å². The van der Waals surface area contributed by atoms with Crippen LogP contribution in [-0.4, -0.2) is 153 Å². The molecule has 10 atom stereocenters. The van der Waals surface area contributed by atoms with Gasteiger partial charge in [0.05, 0.1) is 18.8 Å². The first-order valence-electron chi connectivity index (χ1n) is 24.9. The van der Waals surface area contributed by atoms with Gasteiger partial charge in [0.15, 0.2) is 0 Å². The van der Waals surface area contributed by atoms with Gasteiger partial charge in [-0.3, -0.25) is 33.6 Å². The molecule has 3 fully saturated rings. The van der Waals surface area contributed by atoms with Crippen LogP contribution >= 0.6 is 0 Å². The summed E-state index contributed by atoms with van der Waals surface area (Å²) in [5, 5.41) is 46.8. The molecule has 0 aliphatic carbocycles. The lowest BCUT2D eigenvalue weighted by atomic mass is 10.0. The molecule has 3 aromatic rings. The van der Waals surface area contributed by atoms with Crippen molar-refractivity contribution in [3.63, 3.8) is 0 Å². The Hall–Kier alpha value is -6.35. The average Bonchev–Trinajstić information content (AvgIpc) is 3.94. The van der Waals surface area contributed by atoms with Crippen LogP contribution < -0.4 is 42.8 Å². The summed E-state index contributed by atoms with van der Waals surface area (Å²) in [5.41, 5.74) is 13.6. The summed E-state index contributed by atoms with van der Waals surface area (Å²) in [6.07, 6.45) is 2.82. The van der Waals surface area contributed by atoms with Crippen LogP contribution in [-0.2, 0) is 35.2 Å². The van der Waals surface area contributed by atoms with E-state index in [-0.39, 0.29) is 69.5 Å². The second-order valence-corrected chi connectivity index (χ2v) is 19.2. The Labute approximate surface area is 414 Å². The van der Waals surface area contributed by atoms with E-state index in [1.54, 1.807) is 30.3 Å². The number of aryl methyl sites for hydroxylation is 1. The lowest BCUT2D eigenvalue weighted by Gasteiger charge is -2.32. The van der Waals surface area contributed by atoms with E-state index < -0.39 is 102 Å². The molecule has 4 unspecified atom stereocenters. The van der Waals surface area contributed by atoms with Crippen LogP contribution in [0.1, 0.15) is 101 Å². The van der Waals surface area contributed by atoms with Crippen molar-refractivity contribution in [2.45, 2.75) is 152 Å². The number of carbonyl (C=O) groups excluding carboxylic acids is 7. The molecule has 386 valence electrons. The minimum absolute atomic E-state index is 0.0172. The largest absolute Gasteiger partial charge is 0.508 e. The van der Waals surface area contributed by atoms with Crippen LogP contribution in [0.5, 0.6) is 11.5 Å². The molecule has 0 aromatic heterocycles. The monoisotopic (exact) mass is 986 g/mol. The number of aliphatic hydroxyl groups is 2. The number of unbranched alkanes of at least 4 members (excludes halogenated alkanes) is 4. The maximum atomic E-state index is 14.4. The minimum atomic E-state index is -1.62. The third-order valence-corrected chi connectivity index (χ3v) is 13.4. The summed E-state index contributed by atoms with van der Waals surface area (Å²) in [6.45, 7) is 5.11. The predicted molar refractivity (Wildman–Crippen MR) is 263 cm³/mol. The zero-order valence-electron chi connectivity index (χ0n) is 40.8. The van der Waals surface area contributed by atoms with E-state index >= 15 is 0 Å². The van der Waals surface area contributed by atoms with Crippen LogP contribution in [0.4, 0.5) is 0 Å². The lowest BCUT2D eigenvalue weighted by Crippen LogP contribution is -2.61. The Balaban J connectivity index is 1.27. The van der Waals surface area contributed by atoms with E-state index in [0.29, 0.717) is 17.9 Å². The van der Waals surface area contributed by atoms with Gasteiger partial charge in [-0.2, -0.15) is 0 Å². The predicted octanol–water partition coefficient (Wildman–Crippen LogP) is 0.608. The van der Waals surface area contributed by atoms with Gasteiger partial charge in [-0.05, 0) is 112 Å². The summed E-state index contributed by atoms with van der Waals surface area (Å²) in [5.74, 6) is -4.56. The van der Waals surface area contributed by atoms with Crippen molar-refractivity contribution in [2.24, 2.45) is 11.5 Å². The fourth-order valence-electron chi connectivity index (χ4n) is 9.37. The normalized spacial score (nSPS) is 26.0. The van der Waals surface area contributed by atoms with Crippen LogP contribution in [0, 0.1) is 0 Å². The summed E-state index contributed by atoms with van der Waals surface area (Å²) < 4.78 is 5.97. The Bertz CT molecular complexity index is 2370. The van der Waals surface area contributed by atoms with E-state index in [2.05, 4.69) is 33.5 Å². The Kier molecular flexibility index (Phi) is 19.1. The number of nitrogens with zero attached hydrogens (tertiary/aromatic N) is 2. The van der Waals surface area contributed by atoms with E-state index in [4.69, 9.17) is 16.2 Å². The molecule has 0 spiro atoms. The van der Waals surface area contributed by atoms with Crippen molar-refractivity contribution in [1.29, 1.82) is 0 Å². The van der Waals surface area contributed by atoms with Crippen molar-refractivity contribution in [2.75, 3.05) is 26.2 Å². The van der Waals surface area contributed by atoms with E-state index in [9.17, 15) is 48.9 Å². The number of nitrogens with one attached hydrogen (secondary N) is 5. The number of phenolic OH excluding ortho intramolecular Hbond substituents is 1. The highest BCUT2D eigenvalue weighted by Gasteiger charge is 2.45. The Morgan fingerprint density at radius 1 is 0.746 bits per heavy atom. The molecule has 3 aliphatic rings. The quantitative estimate of drug-likeness (QED) is 0.0992. The molecule has 6 rings (SSSR count). The molecular formula is C51H71N9O11. The van der Waals surface area contributed by atoms with Crippen molar-refractivity contribution < 1.29 is 53.6 Å². The number of aliphatic hydroxyl groups excluding tert-OH is 2. The van der Waals surface area contributed by atoms with Gasteiger partial charge in [0.2, 0.25) is 35.4 Å². The molecule has 7 amide bonds. The van der Waals surface area contributed by atoms with Crippen molar-refractivity contribution >= 4 is 52.1 Å². The summed E-state index contributed by atoms with van der Waals surface area (Å²) in [7, 11) is 0. The van der Waals surface area contributed by atoms with Gasteiger partial charge in [-0.1, -0.05) is 56.9 Å². The number of carbonyl (C=O) groups is 7. The zero-order valence-corrected chi connectivity index (χ0v) is 40.8. The summed E-state index contributed by atoms with van der Waals surface area (Å²) in [6, 6.07) is 7.30. The van der Waals surface area contributed by atoms with E-state index in [0.717, 1.165) is 41.4 Å². The van der Waals surface area contributed by atoms with Crippen molar-refractivity contribution in [3.05, 3.63) is 71.8 Å². The molecule has 0 bridgehead atoms. The number of hydrogen-bond acceptors (Lipinski definition) is 13. The molecular weight excluding hydrogens is 915 g/mol. The summed E-state index contributed by atoms with van der Waals surface area (Å²) >= 11 is 0. The van der Waals surface area contributed by atoms with Gasteiger partial charge in [0, 0.05) is 37.3 Å². The number of amides is 7. The van der Waals surface area contributed by atoms with Crippen LogP contribution in [0.15, 0.2) is 60.7 Å². The highest BCUT2D eigenvalue weighted by Crippen LogP contribution is 2.25. The molecule has 3 aromatic carbocycles. The average molecular weight is 986 g/mol. The number of hydrogen-bond donors (Lipinski definition) is 10. The van der Waals surface area contributed by atoms with Gasteiger partial charge in [0.1, 0.15) is 47.8 Å². The van der Waals surface area contributed by atoms with E-state index in [1.165, 1.54) is 37.3 Å². The molecule has 20 heteroatoms. The Morgan fingerprint density at radius 2 is 1.34 bits per heavy atom. The topological polar surface area (TPSA) is 308 Å². The highest BCUT2D eigenvalue weighted by molar-refractivity contribution is 6.02. The SMILES string of the molecule is CCCCCCCOc1ccc2cc(C(=O)N[C@H]3CCCNC(=O)[C@@H]4CC(N)CN4C(=O)[C@H](C(C)O)NC(=O)[C@H](CCc4ccc(O)cc4)NC(=O)[C@@H]4CC(N)CN4C(=O)[C@H](C(C)O)NC3=O)ccc2c1. The standard InChI is InChI=1S/C51H71N9O11/c1-4-5-6-7-8-22-71-38-19-16-32-23-34(15-14-33(32)24-38)45(64)55-39-10-9-21-54-48(67)41-25-35(52)27-59(41)50(69)43(29(2)61)58-47(66)40(20-13-31-11-17-37(63)18-12-31)56-49(68)42-26-36(53)28-60(42)51(70)44(30(3)62)57-46(39)65/h11-12,14-19,23-24,29-30,35-36,39-44,61-63H,4-10,13,20-22,25-28,52-53H2,1-3H3,(H,54,67)(H,55,64)(H,56,68)(H,57,65)(H,58,66)/t29?,30?,35?,36?,39-,40-,41-,42-,43-,44-/m0/s1. The van der Waals surface area contributed by atoms with Gasteiger partial charge in [-0.25, -0.2) is 0 Å². The maximum Gasteiger partial charge on any atom is 0.251 e. The summed E-state index contributed by atoms with van der Waals surface area (Å²) in [4.78, 5) is 101. The molecule has 12 N–H and O–H groups in total. The maximum absolute atomic E-state index is 14.4. The van der Waals surface area contributed by atoms with Gasteiger partial charge in [-0.15, -0.1) is 0 Å². The number of ether oxygens (including phenoxy) is 1. The first-order chi connectivity index (χ1) is 33.9. The first-order valence-corrected chi connectivity index (χ1v) is 24.9. The number of benzene rings is 3. The van der Waals surface area contributed by atoms with Crippen molar-refractivity contribution in [1.82, 2.24) is 36.4 Å².